The van der Waals surface area contributed by atoms with Gasteiger partial charge in [-0.25, -0.2) is 13.1 Å². The Labute approximate surface area is 172 Å². The highest BCUT2D eigenvalue weighted by Gasteiger charge is 2.26. The Bertz CT molecular complexity index is 905. The molecule has 6 nitrogen and oxygen atoms in total. The van der Waals surface area contributed by atoms with Crippen LogP contribution in [-0.2, 0) is 0 Å². The summed E-state index contributed by atoms with van der Waals surface area (Å²) in [5.41, 5.74) is 0.199. The van der Waals surface area contributed by atoms with Gasteiger partial charge in [0.1, 0.15) is 17.3 Å². The molecule has 0 atom stereocenters. The Kier molecular flexibility index (Phi) is 6.05. The van der Waals surface area contributed by atoms with Gasteiger partial charge in [0.15, 0.2) is 0 Å². The minimum atomic E-state index is -0.760. The van der Waals surface area contributed by atoms with E-state index >= 15 is 0 Å². The van der Waals surface area contributed by atoms with E-state index in [9.17, 15) is 13.6 Å². The molecular formula is C20H24F2N4O2S. The Morgan fingerprint density at radius 3 is 2.34 bits per heavy atom. The van der Waals surface area contributed by atoms with E-state index in [1.807, 2.05) is 6.26 Å². The molecule has 2 aliphatic rings. The summed E-state index contributed by atoms with van der Waals surface area (Å²) in [6.07, 6.45) is 7.54. The number of anilines is 1. The summed E-state index contributed by atoms with van der Waals surface area (Å²) in [6, 6.07) is 2.95. The average molecular weight is 423 g/mol. The van der Waals surface area contributed by atoms with Gasteiger partial charge in [0, 0.05) is 32.2 Å². The molecule has 29 heavy (non-hydrogen) atoms. The molecule has 1 aliphatic carbocycles. The third kappa shape index (κ3) is 4.40. The number of aromatic nitrogens is 2. The van der Waals surface area contributed by atoms with E-state index < -0.39 is 17.2 Å². The van der Waals surface area contributed by atoms with Crippen LogP contribution in [-0.4, -0.2) is 52.6 Å². The molecule has 0 unspecified atom stereocenters. The van der Waals surface area contributed by atoms with Crippen LogP contribution in [0.5, 0.6) is 5.75 Å². The quantitative estimate of drug-likeness (QED) is 0.690. The van der Waals surface area contributed by atoms with Crippen molar-refractivity contribution >= 4 is 17.6 Å². The first-order chi connectivity index (χ1) is 14.0. The minimum absolute atomic E-state index is 0.0194. The standard InChI is InChI=1S/C20H24F2N4O2S/c1-29-25-8-6-24(7-9-25)18-13-23-26(16-11-14(21)10-15(22)12-16)20(27)19(18)28-17-4-2-3-5-17/h10-13,17H,2-9H2,1H3. The molecule has 1 saturated carbocycles. The summed E-state index contributed by atoms with van der Waals surface area (Å²) in [5.74, 6) is -1.30. The highest BCUT2D eigenvalue weighted by Crippen LogP contribution is 2.30. The fourth-order valence-electron chi connectivity index (χ4n) is 3.90. The van der Waals surface area contributed by atoms with Crippen molar-refractivity contribution in [2.45, 2.75) is 31.8 Å². The lowest BCUT2D eigenvalue weighted by Crippen LogP contribution is -2.44. The van der Waals surface area contributed by atoms with Crippen molar-refractivity contribution in [3.63, 3.8) is 0 Å². The SMILES string of the molecule is CSN1CCN(c2cnn(-c3cc(F)cc(F)c3)c(=O)c2OC2CCCC2)CC1. The van der Waals surface area contributed by atoms with Gasteiger partial charge in [0.2, 0.25) is 5.75 Å². The number of halogens is 2. The van der Waals surface area contributed by atoms with Crippen LogP contribution in [0.3, 0.4) is 0 Å². The number of piperazine rings is 1. The van der Waals surface area contributed by atoms with E-state index in [-0.39, 0.29) is 17.5 Å². The fourth-order valence-corrected chi connectivity index (χ4v) is 4.42. The van der Waals surface area contributed by atoms with Gasteiger partial charge in [-0.1, -0.05) is 11.9 Å². The lowest BCUT2D eigenvalue weighted by Gasteiger charge is -2.35. The first-order valence-corrected chi connectivity index (χ1v) is 11.0. The van der Waals surface area contributed by atoms with Gasteiger partial charge in [-0.2, -0.15) is 9.78 Å². The van der Waals surface area contributed by atoms with Crippen molar-refractivity contribution in [1.29, 1.82) is 0 Å². The van der Waals surface area contributed by atoms with Crippen molar-refractivity contribution in [1.82, 2.24) is 14.1 Å². The van der Waals surface area contributed by atoms with E-state index in [0.29, 0.717) is 5.69 Å². The molecular weight excluding hydrogens is 398 g/mol. The summed E-state index contributed by atoms with van der Waals surface area (Å²) >= 11 is 1.70. The predicted octanol–water partition coefficient (Wildman–Crippen LogP) is 3.23. The second-order valence-electron chi connectivity index (χ2n) is 7.33. The Morgan fingerprint density at radius 1 is 1.07 bits per heavy atom. The van der Waals surface area contributed by atoms with Gasteiger partial charge in [0.25, 0.3) is 0 Å². The van der Waals surface area contributed by atoms with Crippen LogP contribution < -0.4 is 15.2 Å². The molecule has 2 heterocycles. The maximum atomic E-state index is 13.7. The molecule has 1 aromatic carbocycles. The number of rotatable bonds is 5. The molecule has 0 amide bonds. The van der Waals surface area contributed by atoms with Gasteiger partial charge < -0.3 is 9.64 Å². The summed E-state index contributed by atoms with van der Waals surface area (Å²) in [4.78, 5) is 15.4. The zero-order valence-electron chi connectivity index (χ0n) is 16.3. The third-order valence-electron chi connectivity index (χ3n) is 5.43. The first kappa shape index (κ1) is 20.2. The van der Waals surface area contributed by atoms with Gasteiger partial charge in [-0.05, 0) is 44.1 Å². The number of hydrogen-bond acceptors (Lipinski definition) is 6. The molecule has 2 fully saturated rings. The number of benzene rings is 1. The lowest BCUT2D eigenvalue weighted by atomic mass is 10.2. The van der Waals surface area contributed by atoms with Crippen LogP contribution in [0.4, 0.5) is 14.5 Å². The maximum absolute atomic E-state index is 13.7. The molecule has 4 rings (SSSR count). The van der Waals surface area contributed by atoms with Crippen LogP contribution in [0, 0.1) is 11.6 Å². The van der Waals surface area contributed by atoms with Crippen molar-refractivity contribution in [2.75, 3.05) is 37.3 Å². The number of hydrogen-bond donors (Lipinski definition) is 0. The van der Waals surface area contributed by atoms with E-state index in [2.05, 4.69) is 14.3 Å². The minimum Gasteiger partial charge on any atom is -0.483 e. The molecule has 1 saturated heterocycles. The number of nitrogens with zero attached hydrogens (tertiary/aromatic N) is 4. The summed E-state index contributed by atoms with van der Waals surface area (Å²) < 4.78 is 36.8. The third-order valence-corrected chi connectivity index (χ3v) is 6.31. The van der Waals surface area contributed by atoms with Crippen LogP contribution in [0.25, 0.3) is 5.69 Å². The second-order valence-corrected chi connectivity index (χ2v) is 8.21. The second kappa shape index (κ2) is 8.71. The van der Waals surface area contributed by atoms with Crippen LogP contribution in [0.1, 0.15) is 25.7 Å². The monoisotopic (exact) mass is 422 g/mol. The molecule has 1 aromatic heterocycles. The zero-order chi connectivity index (χ0) is 20.4. The van der Waals surface area contributed by atoms with Crippen molar-refractivity contribution in [3.05, 3.63) is 46.4 Å². The summed E-state index contributed by atoms with van der Waals surface area (Å²) in [7, 11) is 0. The smallest absolute Gasteiger partial charge is 0.316 e. The normalized spacial score (nSPS) is 18.4. The van der Waals surface area contributed by atoms with E-state index in [4.69, 9.17) is 4.74 Å². The Morgan fingerprint density at radius 2 is 1.72 bits per heavy atom. The van der Waals surface area contributed by atoms with Gasteiger partial charge in [0.05, 0.1) is 18.0 Å². The van der Waals surface area contributed by atoms with Gasteiger partial charge in [-0.15, -0.1) is 0 Å². The molecule has 0 radical (unpaired) electrons. The molecule has 156 valence electrons. The highest BCUT2D eigenvalue weighted by molar-refractivity contribution is 7.96. The molecule has 1 aliphatic heterocycles. The topological polar surface area (TPSA) is 50.6 Å². The summed E-state index contributed by atoms with van der Waals surface area (Å²) in [6.45, 7) is 3.23. The molecule has 0 spiro atoms. The van der Waals surface area contributed by atoms with Crippen molar-refractivity contribution < 1.29 is 13.5 Å². The highest BCUT2D eigenvalue weighted by atomic mass is 32.2. The van der Waals surface area contributed by atoms with Crippen molar-refractivity contribution in [2.24, 2.45) is 0 Å². The predicted molar refractivity (Wildman–Crippen MR) is 110 cm³/mol. The fraction of sp³-hybridized carbons (Fsp3) is 0.500. The maximum Gasteiger partial charge on any atom is 0.316 e. The molecule has 9 heteroatoms. The molecule has 2 aromatic rings. The molecule has 0 bridgehead atoms. The van der Waals surface area contributed by atoms with Crippen LogP contribution >= 0.6 is 11.9 Å². The average Bonchev–Trinajstić information content (AvgIpc) is 3.22. The number of ether oxygens (including phenoxy) is 1. The van der Waals surface area contributed by atoms with Crippen LogP contribution in [0.2, 0.25) is 0 Å². The lowest BCUT2D eigenvalue weighted by molar-refractivity contribution is 0.205. The van der Waals surface area contributed by atoms with Gasteiger partial charge in [-0.3, -0.25) is 4.79 Å². The Hall–Kier alpha value is -2.13. The van der Waals surface area contributed by atoms with Crippen molar-refractivity contribution in [3.8, 4) is 11.4 Å². The van der Waals surface area contributed by atoms with Gasteiger partial charge >= 0.3 is 5.56 Å². The van der Waals surface area contributed by atoms with E-state index in [1.54, 1.807) is 18.1 Å². The largest absolute Gasteiger partial charge is 0.483 e. The zero-order valence-corrected chi connectivity index (χ0v) is 17.1. The first-order valence-electron chi connectivity index (χ1n) is 9.84. The Balaban J connectivity index is 1.73. The summed E-state index contributed by atoms with van der Waals surface area (Å²) in [5, 5.41) is 4.21. The molecule has 0 N–H and O–H groups in total. The van der Waals surface area contributed by atoms with E-state index in [0.717, 1.165) is 74.7 Å². The van der Waals surface area contributed by atoms with Crippen LogP contribution in [0.15, 0.2) is 29.2 Å². The van der Waals surface area contributed by atoms with E-state index in [1.165, 1.54) is 0 Å².